The standard InChI is InChI=1S/C26H25N3O3/c1-15(22(26(31)32-2)13-16-6-5-7-17(12-16)24(27)28)29-25(30)18-10-11-21-19-8-3-4-9-20(19)23(21)14-18/h3-12,14-15,22H,13H2,1-2H3,(H3,27,28)(H,29,30)/t15?,22-/m1/s1. The van der Waals surface area contributed by atoms with E-state index in [0.29, 0.717) is 17.5 Å². The second-order valence-electron chi connectivity index (χ2n) is 8.02. The van der Waals surface area contributed by atoms with E-state index in [2.05, 4.69) is 11.4 Å². The molecule has 2 atom stereocenters. The molecule has 0 saturated carbocycles. The SMILES string of the molecule is COC(=O)[C@H](Cc1cccc(C(=N)N)c1)C(C)NC(=O)c1ccc2c(c1)-c1ccccc1-2. The molecular formula is C26H25N3O3. The van der Waals surface area contributed by atoms with Gasteiger partial charge >= 0.3 is 5.97 Å². The molecule has 0 spiro atoms. The van der Waals surface area contributed by atoms with Gasteiger partial charge in [0, 0.05) is 17.2 Å². The van der Waals surface area contributed by atoms with E-state index in [4.69, 9.17) is 15.9 Å². The van der Waals surface area contributed by atoms with Gasteiger partial charge in [-0.25, -0.2) is 0 Å². The molecule has 6 heteroatoms. The molecule has 1 aliphatic rings. The lowest BCUT2D eigenvalue weighted by Crippen LogP contribution is -2.42. The van der Waals surface area contributed by atoms with Crippen molar-refractivity contribution in [1.29, 1.82) is 5.41 Å². The Morgan fingerprint density at radius 2 is 1.62 bits per heavy atom. The highest BCUT2D eigenvalue weighted by Gasteiger charge is 2.29. The molecule has 4 rings (SSSR count). The lowest BCUT2D eigenvalue weighted by molar-refractivity contribution is -0.146. The lowest BCUT2D eigenvalue weighted by atomic mass is 9.80. The van der Waals surface area contributed by atoms with Crippen molar-refractivity contribution < 1.29 is 14.3 Å². The quantitative estimate of drug-likeness (QED) is 0.237. The highest BCUT2D eigenvalue weighted by molar-refractivity contribution is 6.06. The molecule has 1 unspecified atom stereocenters. The van der Waals surface area contributed by atoms with Gasteiger partial charge in [0.15, 0.2) is 0 Å². The van der Waals surface area contributed by atoms with Gasteiger partial charge in [-0.3, -0.25) is 15.0 Å². The van der Waals surface area contributed by atoms with Crippen molar-refractivity contribution in [2.75, 3.05) is 7.11 Å². The predicted molar refractivity (Wildman–Crippen MR) is 124 cm³/mol. The zero-order valence-corrected chi connectivity index (χ0v) is 18.0. The summed E-state index contributed by atoms with van der Waals surface area (Å²) in [6, 6.07) is 20.5. The summed E-state index contributed by atoms with van der Waals surface area (Å²) in [5.74, 6) is -1.27. The van der Waals surface area contributed by atoms with Gasteiger partial charge in [-0.15, -0.1) is 0 Å². The van der Waals surface area contributed by atoms with Crippen LogP contribution in [-0.2, 0) is 16.0 Å². The number of hydrogen-bond donors (Lipinski definition) is 3. The number of carbonyl (C=O) groups excluding carboxylic acids is 2. The molecule has 1 aliphatic carbocycles. The van der Waals surface area contributed by atoms with Gasteiger partial charge < -0.3 is 15.8 Å². The third-order valence-corrected chi connectivity index (χ3v) is 5.95. The van der Waals surface area contributed by atoms with Crippen molar-refractivity contribution in [1.82, 2.24) is 5.32 Å². The van der Waals surface area contributed by atoms with E-state index in [9.17, 15) is 9.59 Å². The summed E-state index contributed by atoms with van der Waals surface area (Å²) in [5.41, 5.74) is 12.1. The van der Waals surface area contributed by atoms with E-state index in [-0.39, 0.29) is 11.7 Å². The van der Waals surface area contributed by atoms with Crippen LogP contribution in [0.5, 0.6) is 0 Å². The number of nitrogens with two attached hydrogens (primary N) is 1. The third kappa shape index (κ3) is 3.99. The maximum atomic E-state index is 13.0. The van der Waals surface area contributed by atoms with E-state index < -0.39 is 17.9 Å². The molecule has 0 saturated heterocycles. The number of nitrogens with one attached hydrogen (secondary N) is 2. The first-order valence-corrected chi connectivity index (χ1v) is 10.4. The van der Waals surface area contributed by atoms with Crippen molar-refractivity contribution >= 4 is 17.7 Å². The largest absolute Gasteiger partial charge is 0.469 e. The summed E-state index contributed by atoms with van der Waals surface area (Å²) in [5, 5.41) is 10.6. The molecule has 0 aromatic heterocycles. The number of amides is 1. The molecule has 32 heavy (non-hydrogen) atoms. The monoisotopic (exact) mass is 427 g/mol. The molecule has 0 radical (unpaired) electrons. The molecule has 3 aromatic rings. The Hall–Kier alpha value is -3.93. The van der Waals surface area contributed by atoms with Crippen molar-refractivity contribution in [3.05, 3.63) is 83.4 Å². The van der Waals surface area contributed by atoms with Crippen LogP contribution in [0.15, 0.2) is 66.7 Å². The van der Waals surface area contributed by atoms with E-state index >= 15 is 0 Å². The fourth-order valence-electron chi connectivity index (χ4n) is 4.16. The number of hydrogen-bond acceptors (Lipinski definition) is 4. The van der Waals surface area contributed by atoms with Gasteiger partial charge in [0.2, 0.25) is 0 Å². The Kier molecular flexibility index (Phi) is 5.77. The van der Waals surface area contributed by atoms with Crippen LogP contribution in [0.1, 0.15) is 28.4 Å². The predicted octanol–water partition coefficient (Wildman–Crippen LogP) is 3.77. The minimum Gasteiger partial charge on any atom is -0.469 e. The first-order valence-electron chi connectivity index (χ1n) is 10.4. The van der Waals surface area contributed by atoms with Crippen LogP contribution in [0.3, 0.4) is 0 Å². The maximum absolute atomic E-state index is 13.0. The van der Waals surface area contributed by atoms with Crippen LogP contribution in [0.25, 0.3) is 22.3 Å². The van der Waals surface area contributed by atoms with Crippen molar-refractivity contribution in [3.63, 3.8) is 0 Å². The number of methoxy groups -OCH3 is 1. The molecule has 0 aliphatic heterocycles. The summed E-state index contributed by atoms with van der Waals surface area (Å²) >= 11 is 0. The maximum Gasteiger partial charge on any atom is 0.311 e. The van der Waals surface area contributed by atoms with Gasteiger partial charge in [-0.05, 0) is 59.4 Å². The second-order valence-corrected chi connectivity index (χ2v) is 8.02. The molecule has 4 N–H and O–H groups in total. The Balaban J connectivity index is 1.50. The zero-order chi connectivity index (χ0) is 22.8. The molecule has 3 aromatic carbocycles. The number of fused-ring (bicyclic) bond motifs is 4. The number of ether oxygens (including phenoxy) is 1. The summed E-state index contributed by atoms with van der Waals surface area (Å²) in [6.07, 6.45) is 0.354. The van der Waals surface area contributed by atoms with Crippen molar-refractivity contribution in [2.45, 2.75) is 19.4 Å². The first-order chi connectivity index (χ1) is 15.4. The number of benzene rings is 3. The van der Waals surface area contributed by atoms with Gasteiger partial charge in [-0.1, -0.05) is 48.5 Å². The Morgan fingerprint density at radius 3 is 2.31 bits per heavy atom. The van der Waals surface area contributed by atoms with Crippen LogP contribution in [0, 0.1) is 11.3 Å². The molecule has 0 heterocycles. The molecule has 1 amide bonds. The average molecular weight is 428 g/mol. The Labute approximate surface area is 186 Å². The van der Waals surface area contributed by atoms with Crippen LogP contribution in [0.2, 0.25) is 0 Å². The van der Waals surface area contributed by atoms with Crippen LogP contribution >= 0.6 is 0 Å². The van der Waals surface area contributed by atoms with Crippen LogP contribution < -0.4 is 11.1 Å². The Bertz CT molecular complexity index is 1220. The topological polar surface area (TPSA) is 105 Å². The minimum absolute atomic E-state index is 0.0370. The molecule has 162 valence electrons. The minimum atomic E-state index is -0.585. The molecular weight excluding hydrogens is 402 g/mol. The van der Waals surface area contributed by atoms with Crippen LogP contribution in [0.4, 0.5) is 0 Å². The summed E-state index contributed by atoms with van der Waals surface area (Å²) in [6.45, 7) is 1.80. The molecule has 0 fully saturated rings. The highest BCUT2D eigenvalue weighted by atomic mass is 16.5. The van der Waals surface area contributed by atoms with Gasteiger partial charge in [0.05, 0.1) is 13.0 Å². The number of nitrogen functional groups attached to an aromatic ring is 1. The van der Waals surface area contributed by atoms with E-state index in [1.54, 1.807) is 31.2 Å². The third-order valence-electron chi connectivity index (χ3n) is 5.95. The summed E-state index contributed by atoms with van der Waals surface area (Å²) in [7, 11) is 1.34. The van der Waals surface area contributed by atoms with E-state index in [0.717, 1.165) is 22.3 Å². The molecule has 6 nitrogen and oxygen atoms in total. The number of esters is 1. The van der Waals surface area contributed by atoms with Gasteiger partial charge in [0.1, 0.15) is 5.84 Å². The van der Waals surface area contributed by atoms with E-state index in [1.165, 1.54) is 12.7 Å². The lowest BCUT2D eigenvalue weighted by Gasteiger charge is -2.26. The first kappa shape index (κ1) is 21.3. The fourth-order valence-corrected chi connectivity index (χ4v) is 4.16. The fraction of sp³-hybridized carbons (Fsp3) is 0.192. The Morgan fingerprint density at radius 1 is 0.938 bits per heavy atom. The number of rotatable bonds is 7. The van der Waals surface area contributed by atoms with Crippen LogP contribution in [-0.4, -0.2) is 30.9 Å². The summed E-state index contributed by atoms with van der Waals surface area (Å²) < 4.78 is 5.00. The average Bonchev–Trinajstić information content (AvgIpc) is 2.80. The van der Waals surface area contributed by atoms with Gasteiger partial charge in [0.25, 0.3) is 5.91 Å². The summed E-state index contributed by atoms with van der Waals surface area (Å²) in [4.78, 5) is 25.5. The second kappa shape index (κ2) is 8.67. The van der Waals surface area contributed by atoms with Crippen molar-refractivity contribution in [3.8, 4) is 22.3 Å². The van der Waals surface area contributed by atoms with E-state index in [1.807, 2.05) is 36.4 Å². The number of carbonyl (C=O) groups is 2. The smallest absolute Gasteiger partial charge is 0.311 e. The highest BCUT2D eigenvalue weighted by Crippen LogP contribution is 2.46. The number of amidine groups is 1. The normalized spacial score (nSPS) is 13.1. The molecule has 0 bridgehead atoms. The van der Waals surface area contributed by atoms with Gasteiger partial charge in [-0.2, -0.15) is 0 Å². The zero-order valence-electron chi connectivity index (χ0n) is 18.0. The van der Waals surface area contributed by atoms with Crippen molar-refractivity contribution in [2.24, 2.45) is 11.7 Å².